The summed E-state index contributed by atoms with van der Waals surface area (Å²) in [6.07, 6.45) is 6.45. The summed E-state index contributed by atoms with van der Waals surface area (Å²) < 4.78 is 8.19. The molecule has 1 aliphatic rings. The summed E-state index contributed by atoms with van der Waals surface area (Å²) >= 11 is 6.49. The highest BCUT2D eigenvalue weighted by molar-refractivity contribution is 6.33. The van der Waals surface area contributed by atoms with Crippen molar-refractivity contribution in [3.63, 3.8) is 0 Å². The summed E-state index contributed by atoms with van der Waals surface area (Å²) in [5, 5.41) is 21.0. The van der Waals surface area contributed by atoms with Gasteiger partial charge in [-0.1, -0.05) is 41.4 Å². The van der Waals surface area contributed by atoms with Crippen LogP contribution in [0.4, 0.5) is 5.82 Å². The van der Waals surface area contributed by atoms with Crippen LogP contribution in [-0.2, 0) is 9.53 Å². The van der Waals surface area contributed by atoms with Crippen molar-refractivity contribution >= 4 is 28.8 Å². The summed E-state index contributed by atoms with van der Waals surface area (Å²) in [6, 6.07) is 9.95. The van der Waals surface area contributed by atoms with Crippen LogP contribution in [0.5, 0.6) is 0 Å². The molecule has 1 aromatic carbocycles. The van der Waals surface area contributed by atoms with Crippen molar-refractivity contribution in [1.29, 1.82) is 0 Å². The van der Waals surface area contributed by atoms with E-state index in [1.807, 2.05) is 37.3 Å². The van der Waals surface area contributed by atoms with Gasteiger partial charge in [-0.15, -0.1) is 0 Å². The molecule has 11 heteroatoms. The number of hydrogen-bond acceptors (Lipinski definition) is 7. The molecule has 1 aliphatic heterocycles. The Morgan fingerprint density at radius 2 is 2.05 bits per heavy atom. The van der Waals surface area contributed by atoms with Crippen molar-refractivity contribution < 1.29 is 14.6 Å². The van der Waals surface area contributed by atoms with Gasteiger partial charge in [-0.2, -0.15) is 5.10 Å². The number of aliphatic hydroxyl groups is 1. The molecule has 4 heterocycles. The number of rotatable bonds is 8. The molecule has 1 fully saturated rings. The maximum atomic E-state index is 13.4. The van der Waals surface area contributed by atoms with Crippen molar-refractivity contribution in [3.05, 3.63) is 81.6 Å². The third-order valence-corrected chi connectivity index (χ3v) is 7.34. The van der Waals surface area contributed by atoms with Crippen LogP contribution in [0.2, 0.25) is 5.02 Å². The van der Waals surface area contributed by atoms with Gasteiger partial charge in [0.2, 0.25) is 5.91 Å². The Balaban J connectivity index is 1.39. The molecule has 204 valence electrons. The van der Waals surface area contributed by atoms with Crippen LogP contribution in [0.25, 0.3) is 16.6 Å². The molecule has 10 nitrogen and oxygen atoms in total. The highest BCUT2D eigenvalue weighted by atomic mass is 35.5. The van der Waals surface area contributed by atoms with Gasteiger partial charge in [0.1, 0.15) is 23.7 Å². The summed E-state index contributed by atoms with van der Waals surface area (Å²) in [5.41, 5.74) is 3.15. The average Bonchev–Trinajstić information content (AvgIpc) is 3.38. The highest BCUT2D eigenvalue weighted by Crippen LogP contribution is 2.31. The highest BCUT2D eigenvalue weighted by Gasteiger charge is 2.23. The first-order valence-corrected chi connectivity index (χ1v) is 13.3. The van der Waals surface area contributed by atoms with Gasteiger partial charge in [-0.05, 0) is 44.4 Å². The van der Waals surface area contributed by atoms with Crippen molar-refractivity contribution in [3.8, 4) is 11.1 Å². The quantitative estimate of drug-likeness (QED) is 0.307. The molecule has 0 saturated carbocycles. The number of nitrogens with zero attached hydrogens (tertiary/aromatic N) is 4. The molecular formula is C28H31ClN6O4. The van der Waals surface area contributed by atoms with Gasteiger partial charge in [0.15, 0.2) is 0 Å². The third-order valence-electron chi connectivity index (χ3n) is 7.03. The fourth-order valence-electron chi connectivity index (χ4n) is 4.76. The number of aliphatic hydroxyl groups excluding tert-OH is 1. The van der Waals surface area contributed by atoms with Crippen LogP contribution in [0.1, 0.15) is 43.0 Å². The van der Waals surface area contributed by atoms with E-state index in [2.05, 4.69) is 20.7 Å². The number of carbonyl (C=O) groups is 1. The number of aromatic nitrogens is 4. The van der Waals surface area contributed by atoms with Gasteiger partial charge >= 0.3 is 0 Å². The predicted molar refractivity (Wildman–Crippen MR) is 149 cm³/mol. The van der Waals surface area contributed by atoms with Crippen LogP contribution < -0.4 is 16.2 Å². The lowest BCUT2D eigenvalue weighted by molar-refractivity contribution is -0.125. The Morgan fingerprint density at radius 1 is 1.26 bits per heavy atom. The van der Waals surface area contributed by atoms with Crippen molar-refractivity contribution in [1.82, 2.24) is 24.5 Å². The summed E-state index contributed by atoms with van der Waals surface area (Å²) in [4.78, 5) is 30.9. The molecule has 39 heavy (non-hydrogen) atoms. The van der Waals surface area contributed by atoms with Crippen molar-refractivity contribution in [2.75, 3.05) is 25.1 Å². The minimum absolute atomic E-state index is 0.270. The zero-order valence-corrected chi connectivity index (χ0v) is 22.6. The lowest BCUT2D eigenvalue weighted by atomic mass is 10.0. The van der Waals surface area contributed by atoms with Crippen molar-refractivity contribution in [2.24, 2.45) is 0 Å². The van der Waals surface area contributed by atoms with Gasteiger partial charge < -0.3 is 20.5 Å². The minimum Gasteiger partial charge on any atom is -0.394 e. The molecule has 4 aromatic rings. The molecule has 0 radical (unpaired) electrons. The van der Waals surface area contributed by atoms with Gasteiger partial charge in [-0.25, -0.2) is 9.50 Å². The number of benzene rings is 1. The van der Waals surface area contributed by atoms with Crippen LogP contribution in [0, 0.1) is 6.92 Å². The van der Waals surface area contributed by atoms with Crippen LogP contribution in [-0.4, -0.2) is 56.0 Å². The van der Waals surface area contributed by atoms with E-state index in [0.29, 0.717) is 40.7 Å². The number of carbonyl (C=O) groups excluding carboxylic acids is 1. The van der Waals surface area contributed by atoms with Crippen LogP contribution >= 0.6 is 11.6 Å². The lowest BCUT2D eigenvalue weighted by Crippen LogP contribution is -2.39. The number of pyridine rings is 1. The second-order valence-corrected chi connectivity index (χ2v) is 10.2. The van der Waals surface area contributed by atoms with Gasteiger partial charge in [0.25, 0.3) is 5.56 Å². The van der Waals surface area contributed by atoms with E-state index in [-0.39, 0.29) is 18.2 Å². The molecule has 3 N–H and O–H groups in total. The molecule has 5 rings (SSSR count). The van der Waals surface area contributed by atoms with Crippen molar-refractivity contribution in [2.45, 2.75) is 44.8 Å². The molecule has 1 saturated heterocycles. The van der Waals surface area contributed by atoms with E-state index >= 15 is 0 Å². The molecule has 0 bridgehead atoms. The van der Waals surface area contributed by atoms with E-state index in [1.54, 1.807) is 25.4 Å². The number of nitrogens with one attached hydrogen (secondary N) is 2. The van der Waals surface area contributed by atoms with E-state index in [1.165, 1.54) is 15.4 Å². The van der Waals surface area contributed by atoms with E-state index in [0.717, 1.165) is 24.0 Å². The molecule has 0 aliphatic carbocycles. The zero-order valence-electron chi connectivity index (χ0n) is 21.8. The maximum Gasteiger partial charge on any atom is 0.278 e. The van der Waals surface area contributed by atoms with Gasteiger partial charge in [0, 0.05) is 42.8 Å². The maximum absolute atomic E-state index is 13.4. The average molecular weight is 551 g/mol. The number of fused-ring (bicyclic) bond motifs is 1. The second-order valence-electron chi connectivity index (χ2n) is 9.82. The SMILES string of the molecule is Cc1cccc([C@@H](CO)NC(=O)[C@@H](C)n2cnn3cc(-c4cc(NC5CCOCC5)ncc4Cl)cc3c2=O)c1. The summed E-state index contributed by atoms with van der Waals surface area (Å²) in [7, 11) is 0. The first kappa shape index (κ1) is 26.9. The number of anilines is 1. The topological polar surface area (TPSA) is 123 Å². The Morgan fingerprint density at radius 3 is 2.79 bits per heavy atom. The lowest BCUT2D eigenvalue weighted by Gasteiger charge is -2.23. The monoisotopic (exact) mass is 550 g/mol. The molecule has 0 unspecified atom stereocenters. The zero-order chi connectivity index (χ0) is 27.5. The summed E-state index contributed by atoms with van der Waals surface area (Å²) in [5.74, 6) is 0.288. The molecular weight excluding hydrogens is 520 g/mol. The molecule has 1 amide bonds. The Labute approximate surface area is 230 Å². The van der Waals surface area contributed by atoms with E-state index in [4.69, 9.17) is 16.3 Å². The minimum atomic E-state index is -0.855. The molecule has 0 spiro atoms. The largest absolute Gasteiger partial charge is 0.394 e. The van der Waals surface area contributed by atoms with Crippen LogP contribution in [0.3, 0.4) is 0 Å². The normalized spacial score (nSPS) is 15.7. The van der Waals surface area contributed by atoms with E-state index < -0.39 is 18.0 Å². The standard InChI is InChI=1S/C28H31ClN6O4/c1-17-4-3-5-19(10-17)24(15-36)33-27(37)18(2)34-16-31-35-14-20(11-25(35)28(34)38)22-12-26(30-13-23(22)29)32-21-6-8-39-9-7-21/h3-5,10-14,16,18,21,24,36H,6-9,15H2,1-2H3,(H,30,32)(H,33,37)/t18-,24-/m1/s1. The Kier molecular flexibility index (Phi) is 7.97. The predicted octanol–water partition coefficient (Wildman–Crippen LogP) is 3.52. The number of hydrogen-bond donors (Lipinski definition) is 3. The molecule has 3 aromatic heterocycles. The number of ether oxygens (including phenoxy) is 1. The first-order chi connectivity index (χ1) is 18.8. The number of halogens is 1. The second kappa shape index (κ2) is 11.6. The van der Waals surface area contributed by atoms with Gasteiger partial charge in [-0.3, -0.25) is 14.2 Å². The number of aryl methyl sites for hydroxylation is 1. The Hall–Kier alpha value is -3.73. The number of amides is 1. The van der Waals surface area contributed by atoms with E-state index in [9.17, 15) is 14.7 Å². The first-order valence-electron chi connectivity index (χ1n) is 12.9. The fourth-order valence-corrected chi connectivity index (χ4v) is 4.97. The third kappa shape index (κ3) is 5.83. The summed E-state index contributed by atoms with van der Waals surface area (Å²) in [6.45, 7) is 4.72. The van der Waals surface area contributed by atoms with Crippen LogP contribution in [0.15, 0.2) is 59.9 Å². The Bertz CT molecular complexity index is 1540. The molecule has 2 atom stereocenters. The smallest absolute Gasteiger partial charge is 0.278 e. The van der Waals surface area contributed by atoms with Gasteiger partial charge in [0.05, 0.1) is 17.7 Å². The fraction of sp³-hybridized carbons (Fsp3) is 0.357.